The van der Waals surface area contributed by atoms with Gasteiger partial charge in [-0.2, -0.15) is 4.31 Å². The summed E-state index contributed by atoms with van der Waals surface area (Å²) < 4.78 is 33.8. The number of aromatic nitrogens is 1. The normalized spacial score (nSPS) is 19.8. The van der Waals surface area contributed by atoms with Gasteiger partial charge in [-0.05, 0) is 68.0 Å². The summed E-state index contributed by atoms with van der Waals surface area (Å²) in [4.78, 5) is 20.1. The zero-order valence-corrected chi connectivity index (χ0v) is 21.0. The number of piperidine rings is 1. The Morgan fingerprint density at radius 3 is 2.49 bits per heavy atom. The first-order chi connectivity index (χ1) is 16.9. The predicted molar refractivity (Wildman–Crippen MR) is 135 cm³/mol. The van der Waals surface area contributed by atoms with Gasteiger partial charge < -0.3 is 9.64 Å². The molecular formula is C27H31N3O4S. The molecule has 0 aliphatic carbocycles. The number of methoxy groups -OCH3 is 1. The molecule has 0 radical (unpaired) electrons. The molecule has 8 heteroatoms. The highest BCUT2D eigenvalue weighted by atomic mass is 32.2. The van der Waals surface area contributed by atoms with Gasteiger partial charge in [0.05, 0.1) is 18.7 Å². The van der Waals surface area contributed by atoms with Gasteiger partial charge >= 0.3 is 0 Å². The minimum atomic E-state index is -3.70. The molecule has 1 aromatic heterocycles. The second kappa shape index (κ2) is 9.59. The molecule has 184 valence electrons. The third kappa shape index (κ3) is 4.52. The molecule has 1 amide bonds. The number of pyridine rings is 1. The lowest BCUT2D eigenvalue weighted by Gasteiger charge is -2.34. The minimum Gasteiger partial charge on any atom is -0.497 e. The quantitative estimate of drug-likeness (QED) is 0.529. The maximum atomic E-state index is 13.5. The first-order valence-corrected chi connectivity index (χ1v) is 13.6. The summed E-state index contributed by atoms with van der Waals surface area (Å²) in [6.45, 7) is 3.36. The van der Waals surface area contributed by atoms with Crippen molar-refractivity contribution in [3.8, 4) is 5.75 Å². The summed E-state index contributed by atoms with van der Waals surface area (Å²) in [6.07, 6.45) is 4.67. The number of amides is 1. The van der Waals surface area contributed by atoms with E-state index in [0.29, 0.717) is 31.4 Å². The third-order valence-corrected chi connectivity index (χ3v) is 9.20. The van der Waals surface area contributed by atoms with Gasteiger partial charge in [-0.3, -0.25) is 9.78 Å². The highest BCUT2D eigenvalue weighted by molar-refractivity contribution is 7.89. The number of hydrogen-bond donors (Lipinski definition) is 0. The van der Waals surface area contributed by atoms with Gasteiger partial charge in [-0.25, -0.2) is 8.42 Å². The number of fused-ring (bicyclic) bond motifs is 1. The van der Waals surface area contributed by atoms with E-state index in [1.807, 2.05) is 48.2 Å². The lowest BCUT2D eigenvalue weighted by molar-refractivity contribution is -0.137. The number of likely N-dealkylation sites (tertiary alicyclic amines) is 1. The molecule has 7 nitrogen and oxygen atoms in total. The maximum Gasteiger partial charge on any atom is 0.245 e. The fourth-order valence-corrected chi connectivity index (χ4v) is 7.01. The number of carbonyl (C=O) groups excluding carboxylic acids is 1. The van der Waals surface area contributed by atoms with Gasteiger partial charge in [0.1, 0.15) is 10.6 Å². The van der Waals surface area contributed by atoms with Crippen LogP contribution in [0.2, 0.25) is 0 Å². The Morgan fingerprint density at radius 1 is 1.03 bits per heavy atom. The summed E-state index contributed by atoms with van der Waals surface area (Å²) in [5.41, 5.74) is 2.60. The van der Waals surface area contributed by atoms with Crippen molar-refractivity contribution in [3.05, 3.63) is 65.9 Å². The topological polar surface area (TPSA) is 79.8 Å². The molecule has 2 fully saturated rings. The largest absolute Gasteiger partial charge is 0.497 e. The molecule has 2 aliphatic heterocycles. The fraction of sp³-hybridized carbons (Fsp3) is 0.407. The summed E-state index contributed by atoms with van der Waals surface area (Å²) in [6, 6.07) is 15.2. The van der Waals surface area contributed by atoms with E-state index in [9.17, 15) is 13.2 Å². The number of aryl methyl sites for hydroxylation is 1. The van der Waals surface area contributed by atoms with Crippen LogP contribution in [0.15, 0.2) is 59.6 Å². The fourth-order valence-electron chi connectivity index (χ4n) is 5.37. The van der Waals surface area contributed by atoms with Crippen molar-refractivity contribution in [3.63, 3.8) is 0 Å². The Labute approximate surface area is 206 Å². The zero-order chi connectivity index (χ0) is 24.6. The molecule has 35 heavy (non-hydrogen) atoms. The van der Waals surface area contributed by atoms with E-state index in [-0.39, 0.29) is 22.8 Å². The van der Waals surface area contributed by atoms with Crippen LogP contribution in [0.3, 0.4) is 0 Å². The molecule has 2 saturated heterocycles. The highest BCUT2D eigenvalue weighted by Gasteiger charge is 2.38. The van der Waals surface area contributed by atoms with E-state index in [0.717, 1.165) is 41.6 Å². The zero-order valence-electron chi connectivity index (χ0n) is 20.2. The Bertz CT molecular complexity index is 1330. The Hall–Kier alpha value is -2.97. The van der Waals surface area contributed by atoms with Gasteiger partial charge in [-0.1, -0.05) is 24.3 Å². The molecule has 0 N–H and O–H groups in total. The van der Waals surface area contributed by atoms with Crippen molar-refractivity contribution in [2.75, 3.05) is 26.7 Å². The molecular weight excluding hydrogens is 462 g/mol. The SMILES string of the molecule is COc1ccc(C2CCCN2C(=O)C2CCN(S(=O)(=O)c3cccc4cc(C)cnc34)CC2)cc1. The van der Waals surface area contributed by atoms with E-state index in [2.05, 4.69) is 4.98 Å². The number of rotatable bonds is 5. The van der Waals surface area contributed by atoms with Gasteiger partial charge in [-0.15, -0.1) is 0 Å². The van der Waals surface area contributed by atoms with Crippen LogP contribution in [0.25, 0.3) is 10.9 Å². The Kier molecular flexibility index (Phi) is 6.51. The smallest absolute Gasteiger partial charge is 0.245 e. The van der Waals surface area contributed by atoms with Gasteiger partial charge in [0.25, 0.3) is 0 Å². The van der Waals surface area contributed by atoms with E-state index in [1.165, 1.54) is 4.31 Å². The molecule has 2 aromatic carbocycles. The monoisotopic (exact) mass is 493 g/mol. The standard InChI is InChI=1S/C27H31N3O4S/c1-19-17-22-5-3-7-25(26(22)28-18-19)35(32,33)29-15-12-21(13-16-29)27(31)30-14-4-6-24(30)20-8-10-23(34-2)11-9-20/h3,5,7-11,17-18,21,24H,4,6,12-16H2,1-2H3. The van der Waals surface area contributed by atoms with E-state index >= 15 is 0 Å². The van der Waals surface area contributed by atoms with Crippen LogP contribution in [0.1, 0.15) is 42.9 Å². The average molecular weight is 494 g/mol. The van der Waals surface area contributed by atoms with Crippen LogP contribution in [-0.2, 0) is 14.8 Å². The first-order valence-electron chi connectivity index (χ1n) is 12.2. The van der Waals surface area contributed by atoms with Crippen LogP contribution in [0, 0.1) is 12.8 Å². The highest BCUT2D eigenvalue weighted by Crippen LogP contribution is 2.36. The lowest BCUT2D eigenvalue weighted by Crippen LogP contribution is -2.44. The molecule has 0 spiro atoms. The molecule has 0 saturated carbocycles. The number of carbonyl (C=O) groups is 1. The molecule has 0 bridgehead atoms. The minimum absolute atomic E-state index is 0.0698. The first kappa shape index (κ1) is 23.8. The maximum absolute atomic E-state index is 13.5. The number of nitrogens with zero attached hydrogens (tertiary/aromatic N) is 3. The van der Waals surface area contributed by atoms with Gasteiger partial charge in [0.15, 0.2) is 0 Å². The summed E-state index contributed by atoms with van der Waals surface area (Å²) in [7, 11) is -2.05. The molecule has 2 aliphatic rings. The van der Waals surface area contributed by atoms with Crippen molar-refractivity contribution in [2.24, 2.45) is 5.92 Å². The molecule has 5 rings (SSSR count). The average Bonchev–Trinajstić information content (AvgIpc) is 3.38. The van der Waals surface area contributed by atoms with Crippen molar-refractivity contribution < 1.29 is 17.9 Å². The number of para-hydroxylation sites is 1. The number of hydrogen-bond acceptors (Lipinski definition) is 5. The van der Waals surface area contributed by atoms with Gasteiger partial charge in [0, 0.05) is 37.1 Å². The van der Waals surface area contributed by atoms with Crippen LogP contribution >= 0.6 is 0 Å². The van der Waals surface area contributed by atoms with Crippen molar-refractivity contribution in [1.29, 1.82) is 0 Å². The van der Waals surface area contributed by atoms with Crippen LogP contribution in [-0.4, -0.2) is 55.3 Å². The predicted octanol–water partition coefficient (Wildman–Crippen LogP) is 4.32. The summed E-state index contributed by atoms with van der Waals surface area (Å²) in [5, 5.41) is 0.815. The summed E-state index contributed by atoms with van der Waals surface area (Å²) >= 11 is 0. The van der Waals surface area contributed by atoms with E-state index < -0.39 is 10.0 Å². The number of ether oxygens (including phenoxy) is 1. The van der Waals surface area contributed by atoms with Crippen LogP contribution in [0.5, 0.6) is 5.75 Å². The molecule has 3 aromatic rings. The number of sulfonamides is 1. The van der Waals surface area contributed by atoms with Crippen molar-refractivity contribution in [2.45, 2.75) is 43.5 Å². The van der Waals surface area contributed by atoms with Crippen molar-refractivity contribution in [1.82, 2.24) is 14.2 Å². The van der Waals surface area contributed by atoms with Crippen molar-refractivity contribution >= 4 is 26.8 Å². The van der Waals surface area contributed by atoms with Crippen LogP contribution in [0.4, 0.5) is 0 Å². The Balaban J connectivity index is 1.29. The molecule has 1 unspecified atom stereocenters. The van der Waals surface area contributed by atoms with Crippen LogP contribution < -0.4 is 4.74 Å². The third-order valence-electron chi connectivity index (χ3n) is 7.27. The number of benzene rings is 2. The van der Waals surface area contributed by atoms with E-state index in [4.69, 9.17) is 4.74 Å². The second-order valence-corrected chi connectivity index (χ2v) is 11.4. The van der Waals surface area contributed by atoms with E-state index in [1.54, 1.807) is 25.4 Å². The summed E-state index contributed by atoms with van der Waals surface area (Å²) in [5.74, 6) is 0.783. The van der Waals surface area contributed by atoms with Gasteiger partial charge in [0.2, 0.25) is 15.9 Å². The Morgan fingerprint density at radius 2 is 1.77 bits per heavy atom. The second-order valence-electron chi connectivity index (χ2n) is 9.48. The lowest BCUT2D eigenvalue weighted by atomic mass is 9.95. The molecule has 1 atom stereocenters. The molecule has 3 heterocycles.